The van der Waals surface area contributed by atoms with Gasteiger partial charge in [0.25, 0.3) is 0 Å². The zero-order chi connectivity index (χ0) is 17.4. The molecule has 2 saturated heterocycles. The number of nitrogens with one attached hydrogen (secondary N) is 1. The van der Waals surface area contributed by atoms with Gasteiger partial charge in [0.15, 0.2) is 0 Å². The molecule has 0 aliphatic carbocycles. The van der Waals surface area contributed by atoms with Crippen molar-refractivity contribution in [2.45, 2.75) is 37.1 Å². The summed E-state index contributed by atoms with van der Waals surface area (Å²) in [6.07, 6.45) is 6.44. The zero-order valence-electron chi connectivity index (χ0n) is 14.3. The number of hydrogen-bond donors (Lipinski definition) is 1. The van der Waals surface area contributed by atoms with Gasteiger partial charge in [-0.3, -0.25) is 14.3 Å². The number of likely N-dealkylation sites (tertiary alicyclic amines) is 1. The highest BCUT2D eigenvalue weighted by Gasteiger charge is 2.49. The third-order valence-electron chi connectivity index (χ3n) is 5.52. The van der Waals surface area contributed by atoms with Crippen molar-refractivity contribution in [1.82, 2.24) is 20.0 Å². The maximum absolute atomic E-state index is 12.5. The van der Waals surface area contributed by atoms with Gasteiger partial charge in [-0.2, -0.15) is 16.4 Å². The minimum Gasteiger partial charge on any atom is -0.350 e. The third-order valence-corrected chi connectivity index (χ3v) is 6.25. The molecule has 1 atom stereocenters. The number of carbonyl (C=O) groups is 2. The lowest BCUT2D eigenvalue weighted by Crippen LogP contribution is -2.54. The summed E-state index contributed by atoms with van der Waals surface area (Å²) in [5.41, 5.74) is 1.95. The molecule has 1 N–H and O–H groups in total. The van der Waals surface area contributed by atoms with Crippen LogP contribution in [0.3, 0.4) is 0 Å². The number of aromatic nitrogens is 2. The van der Waals surface area contributed by atoms with Crippen LogP contribution in [0, 0.1) is 0 Å². The van der Waals surface area contributed by atoms with Crippen LogP contribution in [-0.2, 0) is 23.1 Å². The number of piperidine rings is 1. The molecule has 2 aliphatic rings. The predicted octanol–water partition coefficient (Wildman–Crippen LogP) is 1.69. The molecular formula is C18H22N4O2S. The Bertz CT molecular complexity index is 775. The average molecular weight is 358 g/mol. The van der Waals surface area contributed by atoms with Gasteiger partial charge in [0, 0.05) is 38.7 Å². The van der Waals surface area contributed by atoms with Crippen molar-refractivity contribution in [3.8, 4) is 0 Å². The molecule has 25 heavy (non-hydrogen) atoms. The van der Waals surface area contributed by atoms with Gasteiger partial charge in [-0.1, -0.05) is 0 Å². The molecule has 2 aromatic heterocycles. The molecule has 0 aromatic carbocycles. The molecule has 2 aromatic rings. The summed E-state index contributed by atoms with van der Waals surface area (Å²) >= 11 is 1.62. The van der Waals surface area contributed by atoms with E-state index in [2.05, 4.69) is 10.4 Å². The highest BCUT2D eigenvalue weighted by atomic mass is 32.1. The molecule has 0 unspecified atom stereocenters. The van der Waals surface area contributed by atoms with Gasteiger partial charge < -0.3 is 10.2 Å². The Kier molecular flexibility index (Phi) is 4.11. The van der Waals surface area contributed by atoms with Gasteiger partial charge in [0.05, 0.1) is 18.2 Å². The number of nitrogens with zero attached hydrogens (tertiary/aromatic N) is 3. The second kappa shape index (κ2) is 6.29. The van der Waals surface area contributed by atoms with Crippen molar-refractivity contribution >= 4 is 23.2 Å². The van der Waals surface area contributed by atoms with Crippen LogP contribution in [0.15, 0.2) is 29.2 Å². The smallest absolute Gasteiger partial charge is 0.227 e. The predicted molar refractivity (Wildman–Crippen MR) is 95.3 cm³/mol. The number of carbonyl (C=O) groups excluding carboxylic acids is 2. The second-order valence-electron chi connectivity index (χ2n) is 7.10. The van der Waals surface area contributed by atoms with Gasteiger partial charge >= 0.3 is 0 Å². The van der Waals surface area contributed by atoms with E-state index in [1.165, 1.54) is 0 Å². The summed E-state index contributed by atoms with van der Waals surface area (Å²) < 4.78 is 1.78. The average Bonchev–Trinajstić information content (AvgIpc) is 3.30. The molecule has 0 radical (unpaired) electrons. The van der Waals surface area contributed by atoms with E-state index < -0.39 is 0 Å². The van der Waals surface area contributed by atoms with Gasteiger partial charge in [0.2, 0.25) is 11.8 Å². The minimum atomic E-state index is -0.237. The monoisotopic (exact) mass is 358 g/mol. The van der Waals surface area contributed by atoms with E-state index in [4.69, 9.17) is 0 Å². The molecule has 2 aliphatic heterocycles. The highest BCUT2D eigenvalue weighted by molar-refractivity contribution is 7.08. The number of amides is 2. The second-order valence-corrected chi connectivity index (χ2v) is 7.88. The van der Waals surface area contributed by atoms with E-state index in [0.29, 0.717) is 25.9 Å². The van der Waals surface area contributed by atoms with E-state index in [1.54, 1.807) is 16.0 Å². The normalized spacial score (nSPS) is 22.4. The first-order valence-corrected chi connectivity index (χ1v) is 9.58. The number of aryl methyl sites for hydroxylation is 1. The van der Waals surface area contributed by atoms with Crippen LogP contribution >= 0.6 is 11.3 Å². The van der Waals surface area contributed by atoms with E-state index >= 15 is 0 Å². The summed E-state index contributed by atoms with van der Waals surface area (Å²) in [6, 6.07) is 2.00. The Morgan fingerprint density at radius 3 is 2.88 bits per heavy atom. The maximum atomic E-state index is 12.5. The Hall–Kier alpha value is -2.15. The van der Waals surface area contributed by atoms with E-state index in [9.17, 15) is 9.59 Å². The maximum Gasteiger partial charge on any atom is 0.227 e. The Morgan fingerprint density at radius 1 is 1.44 bits per heavy atom. The molecule has 4 rings (SSSR count). The Labute approximate surface area is 150 Å². The van der Waals surface area contributed by atoms with E-state index in [1.807, 2.05) is 41.2 Å². The van der Waals surface area contributed by atoms with Gasteiger partial charge in [0.1, 0.15) is 0 Å². The molecule has 2 fully saturated rings. The fourth-order valence-corrected chi connectivity index (χ4v) is 4.83. The fraction of sp³-hybridized carbons (Fsp3) is 0.500. The standard InChI is InChI=1S/C18H22N4O2S/c1-21-11-14(10-19-21)15-9-16(23)20-18(15)3-5-22(6-4-18)17(24)8-13-2-7-25-12-13/h2,7,10-12,15H,3-6,8-9H2,1H3,(H,20,23)/t15-/m0/s1. The summed E-state index contributed by atoms with van der Waals surface area (Å²) in [7, 11) is 1.89. The molecule has 6 nitrogen and oxygen atoms in total. The number of thiophene rings is 1. The van der Waals surface area contributed by atoms with Gasteiger partial charge in [-0.25, -0.2) is 0 Å². The van der Waals surface area contributed by atoms with Crippen LogP contribution < -0.4 is 5.32 Å². The summed E-state index contributed by atoms with van der Waals surface area (Å²) in [6.45, 7) is 1.39. The molecular weight excluding hydrogens is 336 g/mol. The molecule has 4 heterocycles. The van der Waals surface area contributed by atoms with Crippen LogP contribution in [-0.4, -0.2) is 45.1 Å². The Balaban J connectivity index is 1.45. The SMILES string of the molecule is Cn1cc([C@@H]2CC(=O)NC23CCN(C(=O)Cc2ccsc2)CC3)cn1. The molecule has 7 heteroatoms. The van der Waals surface area contributed by atoms with Crippen molar-refractivity contribution < 1.29 is 9.59 Å². The summed E-state index contributed by atoms with van der Waals surface area (Å²) in [5.74, 6) is 0.422. The van der Waals surface area contributed by atoms with Crippen LogP contribution in [0.2, 0.25) is 0 Å². The van der Waals surface area contributed by atoms with Crippen LogP contribution in [0.1, 0.15) is 36.3 Å². The first-order chi connectivity index (χ1) is 12.1. The zero-order valence-corrected chi connectivity index (χ0v) is 15.1. The van der Waals surface area contributed by atoms with E-state index in [0.717, 1.165) is 24.0 Å². The lowest BCUT2D eigenvalue weighted by Gasteiger charge is -2.42. The van der Waals surface area contributed by atoms with Crippen LogP contribution in [0.25, 0.3) is 0 Å². The quantitative estimate of drug-likeness (QED) is 0.908. The highest BCUT2D eigenvalue weighted by Crippen LogP contribution is 2.43. The van der Waals surface area contributed by atoms with Gasteiger partial charge in [-0.05, 0) is 40.8 Å². The van der Waals surface area contributed by atoms with Crippen molar-refractivity contribution in [2.75, 3.05) is 13.1 Å². The number of rotatable bonds is 3. The molecule has 132 valence electrons. The topological polar surface area (TPSA) is 67.2 Å². The lowest BCUT2D eigenvalue weighted by atomic mass is 9.75. The molecule has 0 saturated carbocycles. The minimum absolute atomic E-state index is 0.104. The van der Waals surface area contributed by atoms with Crippen LogP contribution in [0.4, 0.5) is 0 Å². The largest absolute Gasteiger partial charge is 0.350 e. The summed E-state index contributed by atoms with van der Waals surface area (Å²) in [5, 5.41) is 11.5. The first-order valence-electron chi connectivity index (χ1n) is 8.64. The third kappa shape index (κ3) is 3.08. The molecule has 1 spiro atoms. The van der Waals surface area contributed by atoms with Gasteiger partial charge in [-0.15, -0.1) is 0 Å². The number of hydrogen-bond acceptors (Lipinski definition) is 4. The lowest BCUT2D eigenvalue weighted by molar-refractivity contribution is -0.132. The molecule has 0 bridgehead atoms. The Morgan fingerprint density at radius 2 is 2.24 bits per heavy atom. The first kappa shape index (κ1) is 16.3. The van der Waals surface area contributed by atoms with Crippen molar-refractivity contribution in [1.29, 1.82) is 0 Å². The van der Waals surface area contributed by atoms with Crippen LogP contribution in [0.5, 0.6) is 0 Å². The fourth-order valence-electron chi connectivity index (χ4n) is 4.16. The van der Waals surface area contributed by atoms with Crippen molar-refractivity contribution in [3.05, 3.63) is 40.3 Å². The van der Waals surface area contributed by atoms with E-state index in [-0.39, 0.29) is 23.3 Å². The van der Waals surface area contributed by atoms with Crippen molar-refractivity contribution in [3.63, 3.8) is 0 Å². The van der Waals surface area contributed by atoms with Crippen molar-refractivity contribution in [2.24, 2.45) is 7.05 Å². The summed E-state index contributed by atoms with van der Waals surface area (Å²) in [4.78, 5) is 26.6. The molecule has 2 amide bonds.